The summed E-state index contributed by atoms with van der Waals surface area (Å²) >= 11 is 7.55. The summed E-state index contributed by atoms with van der Waals surface area (Å²) in [4.78, 5) is 5.18. The molecule has 4 heteroatoms. The second-order valence-electron chi connectivity index (χ2n) is 3.48. The maximum Gasteiger partial charge on any atom is 0.124 e. The van der Waals surface area contributed by atoms with Crippen molar-refractivity contribution >= 4 is 40.5 Å². The van der Waals surface area contributed by atoms with Crippen LogP contribution in [0.3, 0.4) is 0 Å². The Labute approximate surface area is 114 Å². The van der Waals surface area contributed by atoms with Gasteiger partial charge in [0.2, 0.25) is 0 Å². The van der Waals surface area contributed by atoms with E-state index in [0.29, 0.717) is 5.56 Å². The Morgan fingerprint density at radius 2 is 1.82 bits per heavy atom. The van der Waals surface area contributed by atoms with Gasteiger partial charge in [-0.05, 0) is 42.5 Å². The number of hydrogen-bond donors (Lipinski definition) is 2. The van der Waals surface area contributed by atoms with Gasteiger partial charge >= 0.3 is 0 Å². The Kier molecular flexibility index (Phi) is 3.86. The quantitative estimate of drug-likeness (QED) is 0.633. The van der Waals surface area contributed by atoms with Crippen LogP contribution in [-0.2, 0) is 0 Å². The molecule has 0 aliphatic rings. The minimum absolute atomic E-state index is 0.211. The molecule has 2 aromatic carbocycles. The van der Waals surface area contributed by atoms with E-state index in [1.54, 1.807) is 18.3 Å². The summed E-state index contributed by atoms with van der Waals surface area (Å²) in [6.07, 6.45) is 1.63. The number of aliphatic imine (C=N–C) groups is 1. The van der Waals surface area contributed by atoms with Crippen LogP contribution in [0.15, 0.2) is 56.8 Å². The molecule has 0 unspecified atom stereocenters. The molecule has 17 heavy (non-hydrogen) atoms. The molecule has 2 nitrogen and oxygen atoms in total. The fourth-order valence-corrected chi connectivity index (χ4v) is 1.84. The zero-order chi connectivity index (χ0) is 12.3. The van der Waals surface area contributed by atoms with E-state index >= 15 is 0 Å². The van der Waals surface area contributed by atoms with Crippen molar-refractivity contribution in [2.24, 2.45) is 4.99 Å². The number of aromatic hydroxyl groups is 1. The average Bonchev–Trinajstić information content (AvgIpc) is 2.32. The highest BCUT2D eigenvalue weighted by Gasteiger charge is 1.98. The highest BCUT2D eigenvalue weighted by Crippen LogP contribution is 2.21. The maximum absolute atomic E-state index is 9.63. The fraction of sp³-hybridized carbons (Fsp3) is 0. The summed E-state index contributed by atoms with van der Waals surface area (Å²) in [6.45, 7) is 0. The Balaban J connectivity index is 2.25. The standard InChI is InChI=1S/C13H10BrNOS/c14-10-1-6-13(16)9(7-10)8-15-11-2-4-12(17)5-3-11/h1-8,16-17H. The van der Waals surface area contributed by atoms with Crippen molar-refractivity contribution in [3.05, 3.63) is 52.5 Å². The van der Waals surface area contributed by atoms with Gasteiger partial charge in [-0.1, -0.05) is 15.9 Å². The van der Waals surface area contributed by atoms with Gasteiger partial charge in [0, 0.05) is 21.1 Å². The number of phenolic OH excluding ortho intramolecular Hbond substituents is 1. The van der Waals surface area contributed by atoms with Crippen molar-refractivity contribution in [1.82, 2.24) is 0 Å². The number of phenols is 1. The molecule has 0 fully saturated rings. The minimum Gasteiger partial charge on any atom is -0.507 e. The molecule has 0 spiro atoms. The van der Waals surface area contributed by atoms with Crippen LogP contribution in [0.2, 0.25) is 0 Å². The number of benzene rings is 2. The van der Waals surface area contributed by atoms with Crippen molar-refractivity contribution in [1.29, 1.82) is 0 Å². The van der Waals surface area contributed by atoms with Crippen LogP contribution in [0.5, 0.6) is 5.75 Å². The van der Waals surface area contributed by atoms with E-state index in [1.165, 1.54) is 0 Å². The molecule has 1 N–H and O–H groups in total. The molecule has 0 aromatic heterocycles. The Morgan fingerprint density at radius 3 is 2.53 bits per heavy atom. The van der Waals surface area contributed by atoms with E-state index in [9.17, 15) is 5.11 Å². The highest BCUT2D eigenvalue weighted by atomic mass is 79.9. The molecule has 0 radical (unpaired) electrons. The highest BCUT2D eigenvalue weighted by molar-refractivity contribution is 9.10. The monoisotopic (exact) mass is 307 g/mol. The van der Waals surface area contributed by atoms with Gasteiger partial charge in [0.05, 0.1) is 5.69 Å². The molecule has 0 bridgehead atoms. The van der Waals surface area contributed by atoms with Gasteiger partial charge in [0.1, 0.15) is 5.75 Å². The smallest absolute Gasteiger partial charge is 0.124 e. The molecule has 0 aliphatic heterocycles. The van der Waals surface area contributed by atoms with Crippen molar-refractivity contribution < 1.29 is 5.11 Å². The number of hydrogen-bond acceptors (Lipinski definition) is 3. The third kappa shape index (κ3) is 3.35. The third-order valence-corrected chi connectivity index (χ3v) is 2.98. The van der Waals surface area contributed by atoms with Crippen molar-refractivity contribution in [3.63, 3.8) is 0 Å². The van der Waals surface area contributed by atoms with E-state index in [0.717, 1.165) is 15.1 Å². The zero-order valence-corrected chi connectivity index (χ0v) is 11.3. The fourth-order valence-electron chi connectivity index (χ4n) is 1.31. The lowest BCUT2D eigenvalue weighted by molar-refractivity contribution is 0.474. The van der Waals surface area contributed by atoms with Gasteiger partial charge < -0.3 is 5.11 Å². The molecule has 2 aromatic rings. The van der Waals surface area contributed by atoms with Crippen molar-refractivity contribution in [3.8, 4) is 5.75 Å². The Hall–Kier alpha value is -1.26. The minimum atomic E-state index is 0.211. The van der Waals surface area contributed by atoms with E-state index < -0.39 is 0 Å². The van der Waals surface area contributed by atoms with Gasteiger partial charge in [-0.15, -0.1) is 12.6 Å². The largest absolute Gasteiger partial charge is 0.507 e. The summed E-state index contributed by atoms with van der Waals surface area (Å²) in [5.74, 6) is 0.211. The molecule has 0 saturated carbocycles. The van der Waals surface area contributed by atoms with Crippen LogP contribution in [0, 0.1) is 0 Å². The predicted octanol–water partition coefficient (Wildman–Crippen LogP) is 4.19. The predicted molar refractivity (Wildman–Crippen MR) is 76.8 cm³/mol. The number of rotatable bonds is 2. The van der Waals surface area contributed by atoms with E-state index in [1.807, 2.05) is 30.3 Å². The average molecular weight is 308 g/mol. The second-order valence-corrected chi connectivity index (χ2v) is 4.91. The van der Waals surface area contributed by atoms with Gasteiger partial charge in [-0.25, -0.2) is 0 Å². The van der Waals surface area contributed by atoms with Crippen LogP contribution in [0.4, 0.5) is 5.69 Å². The second kappa shape index (κ2) is 5.38. The van der Waals surface area contributed by atoms with Crippen molar-refractivity contribution in [2.75, 3.05) is 0 Å². The van der Waals surface area contributed by atoms with Crippen molar-refractivity contribution in [2.45, 2.75) is 4.90 Å². The lowest BCUT2D eigenvalue weighted by Gasteiger charge is -1.99. The van der Waals surface area contributed by atoms with E-state index in [4.69, 9.17) is 0 Å². The van der Waals surface area contributed by atoms with E-state index in [-0.39, 0.29) is 5.75 Å². The van der Waals surface area contributed by atoms with Crippen LogP contribution in [0.25, 0.3) is 0 Å². The zero-order valence-electron chi connectivity index (χ0n) is 8.84. The first-order valence-electron chi connectivity index (χ1n) is 4.97. The molecule has 0 saturated heterocycles. The number of thiol groups is 1. The molecule has 0 atom stereocenters. The van der Waals surface area contributed by atoms with Gasteiger partial charge in [0.25, 0.3) is 0 Å². The summed E-state index contributed by atoms with van der Waals surface area (Å²) in [5.41, 5.74) is 1.50. The van der Waals surface area contributed by atoms with Crippen LogP contribution in [-0.4, -0.2) is 11.3 Å². The lowest BCUT2D eigenvalue weighted by Crippen LogP contribution is -1.82. The summed E-state index contributed by atoms with van der Waals surface area (Å²) < 4.78 is 0.905. The van der Waals surface area contributed by atoms with Crippen LogP contribution < -0.4 is 0 Å². The molecular formula is C13H10BrNOS. The van der Waals surface area contributed by atoms with E-state index in [2.05, 4.69) is 33.6 Å². The van der Waals surface area contributed by atoms with Crippen LogP contribution in [0.1, 0.15) is 5.56 Å². The first-order valence-corrected chi connectivity index (χ1v) is 6.21. The number of nitrogens with zero attached hydrogens (tertiary/aromatic N) is 1. The topological polar surface area (TPSA) is 32.6 Å². The molecule has 86 valence electrons. The molecule has 2 rings (SSSR count). The molecule has 0 aliphatic carbocycles. The van der Waals surface area contributed by atoms with Gasteiger partial charge in [-0.2, -0.15) is 0 Å². The third-order valence-electron chi connectivity index (χ3n) is 2.19. The van der Waals surface area contributed by atoms with Gasteiger partial charge in [0.15, 0.2) is 0 Å². The summed E-state index contributed by atoms with van der Waals surface area (Å²) in [5, 5.41) is 9.63. The summed E-state index contributed by atoms with van der Waals surface area (Å²) in [7, 11) is 0. The summed E-state index contributed by atoms with van der Waals surface area (Å²) in [6, 6.07) is 12.7. The maximum atomic E-state index is 9.63. The molecule has 0 amide bonds. The normalized spacial score (nSPS) is 10.9. The lowest BCUT2D eigenvalue weighted by atomic mass is 10.2. The Bertz CT molecular complexity index is 552. The first-order chi connectivity index (χ1) is 8.15. The Morgan fingerprint density at radius 1 is 1.12 bits per heavy atom. The number of halogens is 1. The molecular weight excluding hydrogens is 298 g/mol. The molecule has 0 heterocycles. The SMILES string of the molecule is Oc1ccc(Br)cc1C=Nc1ccc(S)cc1. The van der Waals surface area contributed by atoms with Crippen LogP contribution >= 0.6 is 28.6 Å². The van der Waals surface area contributed by atoms with Gasteiger partial charge in [-0.3, -0.25) is 4.99 Å². The first kappa shape index (κ1) is 12.2.